The van der Waals surface area contributed by atoms with Gasteiger partial charge >= 0.3 is 0 Å². The summed E-state index contributed by atoms with van der Waals surface area (Å²) in [5, 5.41) is 4.67. The third-order valence-electron chi connectivity index (χ3n) is 5.03. The normalized spacial score (nSPS) is 11.1. The lowest BCUT2D eigenvalue weighted by molar-refractivity contribution is 0.0992. The molecule has 160 valence electrons. The number of carbonyl (C=O) groups is 1. The molecule has 0 bridgehead atoms. The van der Waals surface area contributed by atoms with Crippen molar-refractivity contribution in [2.24, 2.45) is 0 Å². The predicted molar refractivity (Wildman–Crippen MR) is 118 cm³/mol. The van der Waals surface area contributed by atoms with Gasteiger partial charge in [-0.3, -0.25) is 4.79 Å². The van der Waals surface area contributed by atoms with Gasteiger partial charge in [-0.1, -0.05) is 18.2 Å². The van der Waals surface area contributed by atoms with E-state index in [1.807, 2.05) is 30.3 Å². The van der Waals surface area contributed by atoms with E-state index < -0.39 is 5.91 Å². The third kappa shape index (κ3) is 3.76. The van der Waals surface area contributed by atoms with Crippen LogP contribution < -0.4 is 14.8 Å². The summed E-state index contributed by atoms with van der Waals surface area (Å²) in [4.78, 5) is 12.7. The number of hydrogen-bond acceptors (Lipinski definition) is 5. The second-order valence-electron chi connectivity index (χ2n) is 7.11. The van der Waals surface area contributed by atoms with Crippen LogP contribution in [0.4, 0.5) is 10.1 Å². The summed E-state index contributed by atoms with van der Waals surface area (Å²) in [6.07, 6.45) is 0. The van der Waals surface area contributed by atoms with Crippen LogP contribution in [0.25, 0.3) is 21.9 Å². The Kier molecular flexibility index (Phi) is 4.99. The van der Waals surface area contributed by atoms with Gasteiger partial charge in [0.2, 0.25) is 0 Å². The molecule has 0 aliphatic carbocycles. The van der Waals surface area contributed by atoms with Gasteiger partial charge < -0.3 is 23.6 Å². The van der Waals surface area contributed by atoms with Crippen molar-refractivity contribution >= 4 is 33.5 Å². The summed E-state index contributed by atoms with van der Waals surface area (Å²) in [5.74, 6) is 0.799. The molecule has 7 heteroatoms. The molecule has 0 saturated heterocycles. The van der Waals surface area contributed by atoms with E-state index in [1.54, 1.807) is 18.2 Å². The number of methoxy groups -OCH3 is 1. The van der Waals surface area contributed by atoms with E-state index >= 15 is 0 Å². The second kappa shape index (κ2) is 8.11. The summed E-state index contributed by atoms with van der Waals surface area (Å²) in [6, 6.07) is 20.1. The highest BCUT2D eigenvalue weighted by Gasteiger charge is 2.17. The number of fused-ring (bicyclic) bond motifs is 3. The molecule has 1 amide bonds. The largest absolute Gasteiger partial charge is 0.495 e. The summed E-state index contributed by atoms with van der Waals surface area (Å²) in [7, 11) is 1.54. The molecule has 0 unspecified atom stereocenters. The SMILES string of the molecule is COc1cc2c(cc1NC(=O)c1ccc(COc3ccc(F)cc3)o1)oc1ccccc12. The fraction of sp³-hybridized carbons (Fsp3) is 0.0800. The molecule has 1 N–H and O–H groups in total. The Labute approximate surface area is 182 Å². The zero-order chi connectivity index (χ0) is 22.1. The number of rotatable bonds is 6. The molecule has 0 saturated carbocycles. The monoisotopic (exact) mass is 431 g/mol. The van der Waals surface area contributed by atoms with Crippen LogP contribution in [0.15, 0.2) is 81.6 Å². The molecule has 0 aliphatic heterocycles. The average molecular weight is 431 g/mol. The number of benzene rings is 3. The van der Waals surface area contributed by atoms with Gasteiger partial charge in [-0.2, -0.15) is 0 Å². The first-order valence-corrected chi connectivity index (χ1v) is 9.88. The lowest BCUT2D eigenvalue weighted by atomic mass is 10.1. The molecule has 0 fully saturated rings. The van der Waals surface area contributed by atoms with Crippen molar-refractivity contribution < 1.29 is 27.5 Å². The zero-order valence-electron chi connectivity index (χ0n) is 17.1. The minimum Gasteiger partial charge on any atom is -0.495 e. The maximum absolute atomic E-state index is 13.0. The van der Waals surface area contributed by atoms with Crippen LogP contribution in [0.3, 0.4) is 0 Å². The Morgan fingerprint density at radius 3 is 2.56 bits per heavy atom. The Balaban J connectivity index is 1.34. The molecule has 32 heavy (non-hydrogen) atoms. The lowest BCUT2D eigenvalue weighted by Gasteiger charge is -2.09. The molecular weight excluding hydrogens is 413 g/mol. The minimum atomic E-state index is -0.438. The minimum absolute atomic E-state index is 0.104. The van der Waals surface area contributed by atoms with E-state index in [2.05, 4.69) is 5.32 Å². The van der Waals surface area contributed by atoms with E-state index in [0.29, 0.717) is 28.5 Å². The number of amides is 1. The first-order chi connectivity index (χ1) is 15.6. The molecule has 3 aromatic carbocycles. The van der Waals surface area contributed by atoms with Gasteiger partial charge in [0.1, 0.15) is 40.8 Å². The van der Waals surface area contributed by atoms with Crippen molar-refractivity contribution in [3.05, 3.63) is 90.1 Å². The molecule has 6 nitrogen and oxygen atoms in total. The van der Waals surface area contributed by atoms with Crippen molar-refractivity contribution in [3.8, 4) is 11.5 Å². The quantitative estimate of drug-likeness (QED) is 0.349. The maximum atomic E-state index is 13.0. The number of carbonyl (C=O) groups excluding carboxylic acids is 1. The number of halogens is 1. The smallest absolute Gasteiger partial charge is 0.291 e. The summed E-state index contributed by atoms with van der Waals surface area (Å²) in [6.45, 7) is 0.104. The van der Waals surface area contributed by atoms with Crippen LogP contribution in [-0.2, 0) is 6.61 Å². The molecule has 0 radical (unpaired) electrons. The average Bonchev–Trinajstić information content (AvgIpc) is 3.42. The first-order valence-electron chi connectivity index (χ1n) is 9.88. The van der Waals surface area contributed by atoms with Crippen LogP contribution >= 0.6 is 0 Å². The summed E-state index contributed by atoms with van der Waals surface area (Å²) < 4.78 is 35.5. The molecule has 0 spiro atoms. The zero-order valence-corrected chi connectivity index (χ0v) is 17.1. The standard InChI is InChI=1S/C25H18FNO5/c1-29-24-12-19-18-4-2-3-5-21(18)32-23(19)13-20(24)27-25(28)22-11-10-17(31-22)14-30-16-8-6-15(26)7-9-16/h2-13H,14H2,1H3,(H,27,28). The van der Waals surface area contributed by atoms with Crippen LogP contribution in [0, 0.1) is 5.82 Å². The van der Waals surface area contributed by atoms with E-state index in [-0.39, 0.29) is 18.2 Å². The number of furan rings is 2. The van der Waals surface area contributed by atoms with Gasteiger partial charge in [-0.15, -0.1) is 0 Å². The second-order valence-corrected chi connectivity index (χ2v) is 7.11. The highest BCUT2D eigenvalue weighted by Crippen LogP contribution is 2.36. The van der Waals surface area contributed by atoms with E-state index in [1.165, 1.54) is 31.4 Å². The van der Waals surface area contributed by atoms with Crippen molar-refractivity contribution in [2.45, 2.75) is 6.61 Å². The Hall–Kier alpha value is -4.26. The summed E-state index contributed by atoms with van der Waals surface area (Å²) in [5.41, 5.74) is 1.85. The highest BCUT2D eigenvalue weighted by molar-refractivity contribution is 6.09. The van der Waals surface area contributed by atoms with Gasteiger partial charge in [0.25, 0.3) is 5.91 Å². The van der Waals surface area contributed by atoms with Gasteiger partial charge in [-0.05, 0) is 48.5 Å². The van der Waals surface area contributed by atoms with Gasteiger partial charge in [0, 0.05) is 16.8 Å². The van der Waals surface area contributed by atoms with E-state index in [0.717, 1.165) is 16.4 Å². The van der Waals surface area contributed by atoms with Gasteiger partial charge in [0.15, 0.2) is 5.76 Å². The topological polar surface area (TPSA) is 73.8 Å². The molecule has 0 aliphatic rings. The first kappa shape index (κ1) is 19.7. The van der Waals surface area contributed by atoms with Gasteiger partial charge in [-0.25, -0.2) is 4.39 Å². The lowest BCUT2D eigenvalue weighted by Crippen LogP contribution is -2.11. The molecular formula is C25H18FNO5. The Bertz CT molecular complexity index is 1420. The fourth-order valence-electron chi connectivity index (χ4n) is 3.46. The highest BCUT2D eigenvalue weighted by atomic mass is 19.1. The number of ether oxygens (including phenoxy) is 2. The van der Waals surface area contributed by atoms with Crippen molar-refractivity contribution in [1.82, 2.24) is 0 Å². The van der Waals surface area contributed by atoms with Crippen LogP contribution in [0.5, 0.6) is 11.5 Å². The van der Waals surface area contributed by atoms with Crippen LogP contribution in [-0.4, -0.2) is 13.0 Å². The fourth-order valence-corrected chi connectivity index (χ4v) is 3.46. The number of anilines is 1. The van der Waals surface area contributed by atoms with Crippen molar-refractivity contribution in [1.29, 1.82) is 0 Å². The van der Waals surface area contributed by atoms with Gasteiger partial charge in [0.05, 0.1) is 12.8 Å². The maximum Gasteiger partial charge on any atom is 0.291 e. The molecule has 0 atom stereocenters. The number of hydrogen-bond donors (Lipinski definition) is 1. The number of para-hydroxylation sites is 1. The van der Waals surface area contributed by atoms with Crippen LogP contribution in [0.2, 0.25) is 0 Å². The number of nitrogens with one attached hydrogen (secondary N) is 1. The van der Waals surface area contributed by atoms with Crippen molar-refractivity contribution in [2.75, 3.05) is 12.4 Å². The van der Waals surface area contributed by atoms with Crippen LogP contribution in [0.1, 0.15) is 16.3 Å². The Morgan fingerprint density at radius 2 is 1.75 bits per heavy atom. The predicted octanol–water partition coefficient (Wildman–Crippen LogP) is 6.16. The third-order valence-corrected chi connectivity index (χ3v) is 5.03. The Morgan fingerprint density at radius 1 is 0.938 bits per heavy atom. The van der Waals surface area contributed by atoms with E-state index in [4.69, 9.17) is 18.3 Å². The molecule has 5 rings (SSSR count). The summed E-state index contributed by atoms with van der Waals surface area (Å²) >= 11 is 0. The molecule has 5 aromatic rings. The van der Waals surface area contributed by atoms with E-state index in [9.17, 15) is 9.18 Å². The van der Waals surface area contributed by atoms with Crippen molar-refractivity contribution in [3.63, 3.8) is 0 Å². The molecule has 2 aromatic heterocycles. The molecule has 2 heterocycles.